The predicted molar refractivity (Wildman–Crippen MR) is 60.6 cm³/mol. The van der Waals surface area contributed by atoms with Gasteiger partial charge in [0.05, 0.1) is 0 Å². The van der Waals surface area contributed by atoms with E-state index < -0.39 is 0 Å². The molecule has 74 valence electrons. The standard InChI is InChI=1S/C13H11NO/c14-11-4-2-10(3-5-11)12-6-1-9-7-13(12)15-8-9/h1-7H,8,14H2. The van der Waals surface area contributed by atoms with Crippen molar-refractivity contribution in [2.45, 2.75) is 6.61 Å². The largest absolute Gasteiger partial charge is 0.488 e. The molecule has 2 aromatic rings. The molecule has 1 aliphatic heterocycles. The average Bonchev–Trinajstić information content (AvgIpc) is 2.63. The Labute approximate surface area is 88.3 Å². The second-order valence-corrected chi connectivity index (χ2v) is 3.74. The molecule has 2 N–H and O–H groups in total. The van der Waals surface area contributed by atoms with Gasteiger partial charge in [0.2, 0.25) is 0 Å². The Morgan fingerprint density at radius 3 is 2.60 bits per heavy atom. The lowest BCUT2D eigenvalue weighted by Crippen LogP contribution is -1.86. The number of anilines is 1. The summed E-state index contributed by atoms with van der Waals surface area (Å²) >= 11 is 0. The third-order valence-electron chi connectivity index (χ3n) is 2.66. The molecule has 0 saturated heterocycles. The van der Waals surface area contributed by atoms with Gasteiger partial charge in [-0.1, -0.05) is 24.3 Å². The van der Waals surface area contributed by atoms with Gasteiger partial charge in [0.25, 0.3) is 0 Å². The monoisotopic (exact) mass is 197 g/mol. The number of fused-ring (bicyclic) bond motifs is 2. The summed E-state index contributed by atoms with van der Waals surface area (Å²) in [6.45, 7) is 0.699. The minimum absolute atomic E-state index is 0.699. The van der Waals surface area contributed by atoms with Gasteiger partial charge in [0.1, 0.15) is 12.4 Å². The predicted octanol–water partition coefficient (Wildman–Crippen LogP) is 2.83. The van der Waals surface area contributed by atoms with E-state index in [9.17, 15) is 0 Å². The molecule has 2 nitrogen and oxygen atoms in total. The van der Waals surface area contributed by atoms with Crippen molar-refractivity contribution >= 4 is 5.69 Å². The van der Waals surface area contributed by atoms with Crippen LogP contribution in [0.1, 0.15) is 5.56 Å². The number of nitrogen functional groups attached to an aromatic ring is 1. The summed E-state index contributed by atoms with van der Waals surface area (Å²) in [5.74, 6) is 0.970. The van der Waals surface area contributed by atoms with Gasteiger partial charge >= 0.3 is 0 Å². The molecule has 0 aromatic heterocycles. The summed E-state index contributed by atoms with van der Waals surface area (Å²) in [5.41, 5.74) is 9.96. The molecule has 0 unspecified atom stereocenters. The smallest absolute Gasteiger partial charge is 0.128 e. The van der Waals surface area contributed by atoms with E-state index >= 15 is 0 Å². The number of hydrogen-bond donors (Lipinski definition) is 1. The zero-order chi connectivity index (χ0) is 10.3. The van der Waals surface area contributed by atoms with Crippen molar-refractivity contribution in [1.29, 1.82) is 0 Å². The second kappa shape index (κ2) is 3.02. The fourth-order valence-corrected chi connectivity index (χ4v) is 1.84. The van der Waals surface area contributed by atoms with Crippen LogP contribution in [0.15, 0.2) is 42.5 Å². The van der Waals surface area contributed by atoms with Crippen LogP contribution in [-0.2, 0) is 6.61 Å². The summed E-state index contributed by atoms with van der Waals surface area (Å²) in [6.07, 6.45) is 0. The minimum Gasteiger partial charge on any atom is -0.488 e. The first-order valence-electron chi connectivity index (χ1n) is 4.94. The van der Waals surface area contributed by atoms with Crippen LogP contribution in [-0.4, -0.2) is 0 Å². The fourth-order valence-electron chi connectivity index (χ4n) is 1.84. The van der Waals surface area contributed by atoms with E-state index in [-0.39, 0.29) is 0 Å². The van der Waals surface area contributed by atoms with Crippen molar-refractivity contribution in [3.8, 4) is 16.9 Å². The number of nitrogens with two attached hydrogens (primary N) is 1. The van der Waals surface area contributed by atoms with Gasteiger partial charge in [-0.15, -0.1) is 0 Å². The van der Waals surface area contributed by atoms with Crippen molar-refractivity contribution in [1.82, 2.24) is 0 Å². The molecule has 2 bridgehead atoms. The molecule has 1 aliphatic rings. The number of ether oxygens (including phenoxy) is 1. The van der Waals surface area contributed by atoms with E-state index in [0.717, 1.165) is 22.6 Å². The maximum absolute atomic E-state index is 5.65. The molecular weight excluding hydrogens is 186 g/mol. The normalized spacial score (nSPS) is 12.5. The van der Waals surface area contributed by atoms with Gasteiger partial charge in [-0.05, 0) is 29.3 Å². The lowest BCUT2D eigenvalue weighted by atomic mass is 10.0. The molecule has 0 saturated carbocycles. The molecule has 3 rings (SSSR count). The Balaban J connectivity index is 2.11. The third kappa shape index (κ3) is 1.34. The lowest BCUT2D eigenvalue weighted by Gasteiger charge is -2.04. The van der Waals surface area contributed by atoms with Crippen molar-refractivity contribution in [3.05, 3.63) is 48.0 Å². The van der Waals surface area contributed by atoms with Gasteiger partial charge in [0.15, 0.2) is 0 Å². The maximum Gasteiger partial charge on any atom is 0.128 e. The molecule has 0 aliphatic carbocycles. The van der Waals surface area contributed by atoms with Gasteiger partial charge in [-0.2, -0.15) is 0 Å². The van der Waals surface area contributed by atoms with Crippen LogP contribution in [0, 0.1) is 0 Å². The van der Waals surface area contributed by atoms with Crippen LogP contribution in [0.4, 0.5) is 5.69 Å². The fraction of sp³-hybridized carbons (Fsp3) is 0.0769. The highest BCUT2D eigenvalue weighted by Gasteiger charge is 2.13. The van der Waals surface area contributed by atoms with Crippen molar-refractivity contribution in [3.63, 3.8) is 0 Å². The maximum atomic E-state index is 5.65. The van der Waals surface area contributed by atoms with Gasteiger partial charge < -0.3 is 10.5 Å². The summed E-state index contributed by atoms with van der Waals surface area (Å²) in [4.78, 5) is 0. The SMILES string of the molecule is Nc1ccc(-c2ccc3cc2OC3)cc1. The van der Waals surface area contributed by atoms with E-state index in [1.807, 2.05) is 24.3 Å². The van der Waals surface area contributed by atoms with Gasteiger partial charge in [-0.3, -0.25) is 0 Å². The van der Waals surface area contributed by atoms with Crippen LogP contribution >= 0.6 is 0 Å². The van der Waals surface area contributed by atoms with Crippen LogP contribution in [0.3, 0.4) is 0 Å². The van der Waals surface area contributed by atoms with Crippen LogP contribution in [0.5, 0.6) is 5.75 Å². The Kier molecular flexibility index (Phi) is 1.68. The van der Waals surface area contributed by atoms with E-state index in [2.05, 4.69) is 18.2 Å². The highest BCUT2D eigenvalue weighted by atomic mass is 16.5. The highest BCUT2D eigenvalue weighted by Crippen LogP contribution is 2.35. The molecule has 0 radical (unpaired) electrons. The molecular formula is C13H11NO. The van der Waals surface area contributed by atoms with E-state index in [4.69, 9.17) is 10.5 Å². The van der Waals surface area contributed by atoms with Crippen LogP contribution < -0.4 is 10.5 Å². The summed E-state index contributed by atoms with van der Waals surface area (Å²) in [6, 6.07) is 14.1. The molecule has 0 atom stereocenters. The van der Waals surface area contributed by atoms with Crippen molar-refractivity contribution < 1.29 is 4.74 Å². The summed E-state index contributed by atoms with van der Waals surface area (Å²) in [7, 11) is 0. The molecule has 0 amide bonds. The molecule has 1 heterocycles. The molecule has 2 heteroatoms. The van der Waals surface area contributed by atoms with E-state index in [1.165, 1.54) is 5.56 Å². The zero-order valence-electron chi connectivity index (χ0n) is 8.23. The number of benzene rings is 2. The van der Waals surface area contributed by atoms with Crippen molar-refractivity contribution in [2.24, 2.45) is 0 Å². The molecule has 2 aromatic carbocycles. The Morgan fingerprint density at radius 1 is 1.00 bits per heavy atom. The quantitative estimate of drug-likeness (QED) is 0.713. The number of hydrogen-bond acceptors (Lipinski definition) is 2. The summed E-state index contributed by atoms with van der Waals surface area (Å²) < 4.78 is 5.57. The Hall–Kier alpha value is -1.96. The van der Waals surface area contributed by atoms with Crippen LogP contribution in [0.2, 0.25) is 0 Å². The van der Waals surface area contributed by atoms with E-state index in [1.54, 1.807) is 0 Å². The van der Waals surface area contributed by atoms with Crippen molar-refractivity contribution in [2.75, 3.05) is 5.73 Å². The molecule has 0 fully saturated rings. The van der Waals surface area contributed by atoms with Crippen LogP contribution in [0.25, 0.3) is 11.1 Å². The first kappa shape index (κ1) is 8.36. The lowest BCUT2D eigenvalue weighted by molar-refractivity contribution is 0.329. The topological polar surface area (TPSA) is 35.2 Å². The molecule has 15 heavy (non-hydrogen) atoms. The number of rotatable bonds is 1. The summed E-state index contributed by atoms with van der Waals surface area (Å²) in [5, 5.41) is 0. The third-order valence-corrected chi connectivity index (χ3v) is 2.66. The first-order chi connectivity index (χ1) is 7.33. The zero-order valence-corrected chi connectivity index (χ0v) is 8.23. The Bertz CT molecular complexity index is 502. The highest BCUT2D eigenvalue weighted by molar-refractivity contribution is 5.72. The molecule has 0 spiro atoms. The first-order valence-corrected chi connectivity index (χ1v) is 4.94. The second-order valence-electron chi connectivity index (χ2n) is 3.74. The van der Waals surface area contributed by atoms with Gasteiger partial charge in [0, 0.05) is 11.3 Å². The minimum atomic E-state index is 0.699. The van der Waals surface area contributed by atoms with Gasteiger partial charge in [-0.25, -0.2) is 0 Å². The Morgan fingerprint density at radius 2 is 1.80 bits per heavy atom. The van der Waals surface area contributed by atoms with E-state index in [0.29, 0.717) is 6.61 Å². The average molecular weight is 197 g/mol.